The van der Waals surface area contributed by atoms with E-state index in [2.05, 4.69) is 5.32 Å². The van der Waals surface area contributed by atoms with Gasteiger partial charge in [-0.1, -0.05) is 6.42 Å². The van der Waals surface area contributed by atoms with Crippen molar-refractivity contribution in [1.29, 1.82) is 0 Å². The molecule has 110 valence electrons. The Bertz CT molecular complexity index is 495. The third kappa shape index (κ3) is 2.40. The minimum absolute atomic E-state index is 0.118. The van der Waals surface area contributed by atoms with Crippen molar-refractivity contribution in [2.24, 2.45) is 5.92 Å². The molecule has 3 atom stereocenters. The minimum Gasteiger partial charge on any atom is -0.387 e. The fraction of sp³-hybridized carbons (Fsp3) is 0.600. The molecule has 5 heteroatoms. The third-order valence-electron chi connectivity index (χ3n) is 4.58. The number of nitrogens with one attached hydrogen (secondary N) is 1. The van der Waals surface area contributed by atoms with Gasteiger partial charge in [0.2, 0.25) is 0 Å². The summed E-state index contributed by atoms with van der Waals surface area (Å²) in [5, 5.41) is 14.1. The second kappa shape index (κ2) is 5.30. The highest BCUT2D eigenvalue weighted by Gasteiger charge is 2.48. The summed E-state index contributed by atoms with van der Waals surface area (Å²) in [6.07, 6.45) is 3.36. The van der Waals surface area contributed by atoms with Crippen LogP contribution in [0.25, 0.3) is 0 Å². The zero-order chi connectivity index (χ0) is 14.2. The number of aliphatic hydroxyl groups is 1. The summed E-state index contributed by atoms with van der Waals surface area (Å²) in [5.41, 5.74) is -0.309. The zero-order valence-electron chi connectivity index (χ0n) is 11.2. The van der Waals surface area contributed by atoms with Crippen LogP contribution >= 0.6 is 0 Å². The molecule has 2 fully saturated rings. The fourth-order valence-corrected chi connectivity index (χ4v) is 3.40. The van der Waals surface area contributed by atoms with Gasteiger partial charge in [0.05, 0.1) is 18.2 Å². The van der Waals surface area contributed by atoms with Crippen molar-refractivity contribution >= 4 is 5.69 Å². The Hall–Kier alpha value is -1.20. The van der Waals surface area contributed by atoms with Crippen LogP contribution in [0.4, 0.5) is 14.5 Å². The van der Waals surface area contributed by atoms with Gasteiger partial charge in [-0.2, -0.15) is 0 Å². The highest BCUT2D eigenvalue weighted by Crippen LogP contribution is 2.40. The first-order valence-corrected chi connectivity index (χ1v) is 7.11. The predicted octanol–water partition coefficient (Wildman–Crippen LogP) is 2.70. The molecule has 0 spiro atoms. The molecule has 3 nitrogen and oxygen atoms in total. The van der Waals surface area contributed by atoms with E-state index in [0.717, 1.165) is 31.4 Å². The van der Waals surface area contributed by atoms with Crippen LogP contribution in [0.1, 0.15) is 25.7 Å². The molecular weight excluding hydrogens is 264 g/mol. The predicted molar refractivity (Wildman–Crippen MR) is 71.5 cm³/mol. The van der Waals surface area contributed by atoms with E-state index >= 15 is 0 Å². The van der Waals surface area contributed by atoms with Crippen molar-refractivity contribution in [1.82, 2.24) is 0 Å². The molecule has 2 aliphatic rings. The quantitative estimate of drug-likeness (QED) is 0.877. The topological polar surface area (TPSA) is 41.5 Å². The van der Waals surface area contributed by atoms with E-state index in [9.17, 15) is 13.9 Å². The number of halogens is 2. The fourth-order valence-electron chi connectivity index (χ4n) is 3.40. The molecule has 0 radical (unpaired) electrons. The SMILES string of the molecule is O[C@]12CCOC[C@@H]1CCC[C@H]2Nc1ccc(F)c(F)c1. The molecule has 3 rings (SSSR count). The van der Waals surface area contributed by atoms with E-state index in [1.807, 2.05) is 0 Å². The first-order valence-electron chi connectivity index (χ1n) is 7.11. The molecule has 0 aromatic heterocycles. The van der Waals surface area contributed by atoms with Gasteiger partial charge in [0.25, 0.3) is 0 Å². The maximum Gasteiger partial charge on any atom is 0.160 e. The van der Waals surface area contributed by atoms with Crippen LogP contribution in [0.15, 0.2) is 18.2 Å². The van der Waals surface area contributed by atoms with E-state index in [4.69, 9.17) is 4.74 Å². The number of benzene rings is 1. The van der Waals surface area contributed by atoms with Gasteiger partial charge in [-0.3, -0.25) is 0 Å². The summed E-state index contributed by atoms with van der Waals surface area (Å²) in [4.78, 5) is 0. The third-order valence-corrected chi connectivity index (χ3v) is 4.58. The van der Waals surface area contributed by atoms with Gasteiger partial charge in [0, 0.05) is 30.7 Å². The molecule has 1 aromatic carbocycles. The van der Waals surface area contributed by atoms with Gasteiger partial charge < -0.3 is 15.2 Å². The Morgan fingerprint density at radius 1 is 1.25 bits per heavy atom. The zero-order valence-corrected chi connectivity index (χ0v) is 11.2. The van der Waals surface area contributed by atoms with Crippen LogP contribution in [-0.2, 0) is 4.74 Å². The molecular formula is C15H19F2NO2. The van der Waals surface area contributed by atoms with Gasteiger partial charge in [-0.25, -0.2) is 8.78 Å². The van der Waals surface area contributed by atoms with Crippen LogP contribution in [0.2, 0.25) is 0 Å². The van der Waals surface area contributed by atoms with Gasteiger partial charge >= 0.3 is 0 Å². The Morgan fingerprint density at radius 3 is 2.90 bits per heavy atom. The molecule has 2 N–H and O–H groups in total. The molecule has 1 saturated carbocycles. The normalized spacial score (nSPS) is 33.5. The Morgan fingerprint density at radius 2 is 2.10 bits per heavy atom. The molecule has 0 bridgehead atoms. The first kappa shape index (κ1) is 13.8. The number of hydrogen-bond donors (Lipinski definition) is 2. The lowest BCUT2D eigenvalue weighted by atomic mass is 9.69. The average Bonchev–Trinajstić information content (AvgIpc) is 2.43. The van der Waals surface area contributed by atoms with Crippen molar-refractivity contribution in [3.8, 4) is 0 Å². The standard InChI is InChI=1S/C15H19F2NO2/c16-12-5-4-11(8-13(12)17)18-14-3-1-2-10-9-20-7-6-15(10,14)19/h4-5,8,10,14,18-19H,1-3,6-7,9H2/t10-,14+,15+/m0/s1. The van der Waals surface area contributed by atoms with Crippen LogP contribution in [0, 0.1) is 17.6 Å². The van der Waals surface area contributed by atoms with Crippen molar-refractivity contribution in [3.63, 3.8) is 0 Å². The van der Waals surface area contributed by atoms with E-state index in [0.29, 0.717) is 25.3 Å². The van der Waals surface area contributed by atoms with Crippen molar-refractivity contribution in [2.45, 2.75) is 37.3 Å². The second-order valence-corrected chi connectivity index (χ2v) is 5.77. The summed E-state index contributed by atoms with van der Waals surface area (Å²) < 4.78 is 31.7. The maximum absolute atomic E-state index is 13.3. The highest BCUT2D eigenvalue weighted by molar-refractivity contribution is 5.45. The molecule has 1 saturated heterocycles. The van der Waals surface area contributed by atoms with Gasteiger partial charge in [0.15, 0.2) is 11.6 Å². The average molecular weight is 283 g/mol. The summed E-state index contributed by atoms with van der Waals surface area (Å²) in [7, 11) is 0. The molecule has 1 aliphatic heterocycles. The van der Waals surface area contributed by atoms with Crippen molar-refractivity contribution in [2.75, 3.05) is 18.5 Å². The number of hydrogen-bond acceptors (Lipinski definition) is 3. The lowest BCUT2D eigenvalue weighted by molar-refractivity contribution is -0.137. The maximum atomic E-state index is 13.3. The largest absolute Gasteiger partial charge is 0.387 e. The van der Waals surface area contributed by atoms with E-state index in [1.54, 1.807) is 0 Å². The summed E-state index contributed by atoms with van der Waals surface area (Å²) >= 11 is 0. The summed E-state index contributed by atoms with van der Waals surface area (Å²) in [6, 6.07) is 3.60. The molecule has 1 aromatic rings. The summed E-state index contributed by atoms with van der Waals surface area (Å²) in [5.74, 6) is -1.61. The Balaban J connectivity index is 1.79. The second-order valence-electron chi connectivity index (χ2n) is 5.77. The van der Waals surface area contributed by atoms with Gasteiger partial charge in [0.1, 0.15) is 0 Å². The smallest absolute Gasteiger partial charge is 0.160 e. The van der Waals surface area contributed by atoms with Gasteiger partial charge in [-0.15, -0.1) is 0 Å². The summed E-state index contributed by atoms with van der Waals surface area (Å²) in [6.45, 7) is 1.12. The number of fused-ring (bicyclic) bond motifs is 1. The van der Waals surface area contributed by atoms with Crippen LogP contribution in [0.5, 0.6) is 0 Å². The first-order chi connectivity index (χ1) is 9.59. The van der Waals surface area contributed by atoms with Crippen LogP contribution in [-0.4, -0.2) is 30.0 Å². The number of anilines is 1. The van der Waals surface area contributed by atoms with Crippen molar-refractivity contribution < 1.29 is 18.6 Å². The van der Waals surface area contributed by atoms with E-state index in [1.165, 1.54) is 6.07 Å². The lowest BCUT2D eigenvalue weighted by Crippen LogP contribution is -2.58. The molecule has 1 heterocycles. The molecule has 0 unspecified atom stereocenters. The number of rotatable bonds is 2. The highest BCUT2D eigenvalue weighted by atomic mass is 19.2. The molecule has 1 aliphatic carbocycles. The van der Waals surface area contributed by atoms with E-state index < -0.39 is 17.2 Å². The number of ether oxygens (including phenoxy) is 1. The molecule has 20 heavy (non-hydrogen) atoms. The van der Waals surface area contributed by atoms with Crippen LogP contribution < -0.4 is 5.32 Å². The van der Waals surface area contributed by atoms with Gasteiger partial charge in [-0.05, 0) is 25.0 Å². The lowest BCUT2D eigenvalue weighted by Gasteiger charge is -2.48. The minimum atomic E-state index is -0.874. The Kier molecular flexibility index (Phi) is 3.65. The Labute approximate surface area is 116 Å². The van der Waals surface area contributed by atoms with Crippen LogP contribution in [0.3, 0.4) is 0 Å². The van der Waals surface area contributed by atoms with E-state index in [-0.39, 0.29) is 12.0 Å². The molecule has 0 amide bonds. The monoisotopic (exact) mass is 283 g/mol. The van der Waals surface area contributed by atoms with Crippen molar-refractivity contribution in [3.05, 3.63) is 29.8 Å².